The summed E-state index contributed by atoms with van der Waals surface area (Å²) in [7, 11) is 0. The number of aryl methyl sites for hydroxylation is 1. The lowest BCUT2D eigenvalue weighted by atomic mass is 10.0. The van der Waals surface area contributed by atoms with Crippen molar-refractivity contribution in [2.75, 3.05) is 18.5 Å². The largest absolute Gasteiger partial charge is 0.373 e. The number of nitrogens with one attached hydrogen (secondary N) is 2. The van der Waals surface area contributed by atoms with Crippen LogP contribution in [-0.2, 0) is 4.74 Å². The third kappa shape index (κ3) is 2.07. The zero-order chi connectivity index (χ0) is 10.0. The van der Waals surface area contributed by atoms with E-state index in [4.69, 9.17) is 4.74 Å². The summed E-state index contributed by atoms with van der Waals surface area (Å²) < 4.78 is 5.66. The molecular weight excluding hydrogens is 178 g/mol. The average Bonchev–Trinajstić information content (AvgIpc) is 2.73. The van der Waals surface area contributed by atoms with Crippen molar-refractivity contribution >= 4 is 5.95 Å². The standard InChI is InChI=1S/C10H17N3O/c1-8-6-11-9(13-8)12-7-10(2)4-3-5-14-10/h6H,3-5,7H2,1-2H3,(H2,11,12,13). The van der Waals surface area contributed by atoms with Crippen LogP contribution in [0, 0.1) is 6.92 Å². The predicted molar refractivity (Wildman–Crippen MR) is 55.4 cm³/mol. The van der Waals surface area contributed by atoms with Crippen molar-refractivity contribution in [3.63, 3.8) is 0 Å². The van der Waals surface area contributed by atoms with Crippen LogP contribution in [0.3, 0.4) is 0 Å². The van der Waals surface area contributed by atoms with E-state index >= 15 is 0 Å². The van der Waals surface area contributed by atoms with Gasteiger partial charge in [0.2, 0.25) is 0 Å². The monoisotopic (exact) mass is 195 g/mol. The smallest absolute Gasteiger partial charge is 0.200 e. The van der Waals surface area contributed by atoms with Gasteiger partial charge in [-0.1, -0.05) is 0 Å². The SMILES string of the molecule is Cc1cnc(NCC2(C)CCCO2)[nH]1. The fraction of sp³-hybridized carbons (Fsp3) is 0.700. The molecule has 1 atom stereocenters. The Morgan fingerprint density at radius 2 is 2.57 bits per heavy atom. The first kappa shape index (κ1) is 9.52. The molecule has 4 nitrogen and oxygen atoms in total. The highest BCUT2D eigenvalue weighted by Crippen LogP contribution is 2.24. The molecule has 1 fully saturated rings. The first-order chi connectivity index (χ1) is 6.68. The quantitative estimate of drug-likeness (QED) is 0.771. The molecular formula is C10H17N3O. The molecule has 1 aromatic heterocycles. The molecule has 0 aliphatic carbocycles. The van der Waals surface area contributed by atoms with E-state index in [1.54, 1.807) is 0 Å². The molecule has 0 aromatic carbocycles. The van der Waals surface area contributed by atoms with Crippen molar-refractivity contribution in [3.8, 4) is 0 Å². The molecule has 1 aliphatic rings. The Kier molecular flexibility index (Phi) is 2.46. The van der Waals surface area contributed by atoms with Gasteiger partial charge in [-0.3, -0.25) is 0 Å². The molecule has 2 heterocycles. The van der Waals surface area contributed by atoms with E-state index < -0.39 is 0 Å². The lowest BCUT2D eigenvalue weighted by Gasteiger charge is -2.22. The molecule has 0 bridgehead atoms. The number of rotatable bonds is 3. The van der Waals surface area contributed by atoms with Crippen molar-refractivity contribution in [2.45, 2.75) is 32.3 Å². The first-order valence-corrected chi connectivity index (χ1v) is 5.07. The molecule has 1 saturated heterocycles. The number of anilines is 1. The molecule has 0 saturated carbocycles. The van der Waals surface area contributed by atoms with Gasteiger partial charge < -0.3 is 15.0 Å². The van der Waals surface area contributed by atoms with Gasteiger partial charge in [0.15, 0.2) is 5.95 Å². The highest BCUT2D eigenvalue weighted by Gasteiger charge is 2.29. The maximum Gasteiger partial charge on any atom is 0.200 e. The zero-order valence-corrected chi connectivity index (χ0v) is 8.76. The molecule has 4 heteroatoms. The minimum atomic E-state index is -0.0132. The maximum atomic E-state index is 5.66. The summed E-state index contributed by atoms with van der Waals surface area (Å²) in [5, 5.41) is 3.26. The van der Waals surface area contributed by atoms with Crippen molar-refractivity contribution in [3.05, 3.63) is 11.9 Å². The Balaban J connectivity index is 1.87. The van der Waals surface area contributed by atoms with Gasteiger partial charge in [0.1, 0.15) is 0 Å². The van der Waals surface area contributed by atoms with E-state index in [0.717, 1.165) is 37.6 Å². The Bertz CT molecular complexity index is 302. The Morgan fingerprint density at radius 3 is 3.14 bits per heavy atom. The van der Waals surface area contributed by atoms with Gasteiger partial charge in [0, 0.05) is 25.0 Å². The van der Waals surface area contributed by atoms with E-state index in [1.807, 2.05) is 13.1 Å². The number of ether oxygens (including phenoxy) is 1. The van der Waals surface area contributed by atoms with Crippen LogP contribution in [0.15, 0.2) is 6.20 Å². The number of aromatic nitrogens is 2. The van der Waals surface area contributed by atoms with Gasteiger partial charge in [-0.05, 0) is 26.7 Å². The normalized spacial score (nSPS) is 26.7. The molecule has 1 unspecified atom stereocenters. The lowest BCUT2D eigenvalue weighted by molar-refractivity contribution is 0.0314. The summed E-state index contributed by atoms with van der Waals surface area (Å²) in [4.78, 5) is 7.33. The van der Waals surface area contributed by atoms with Crippen LogP contribution in [0.5, 0.6) is 0 Å². The third-order valence-electron chi connectivity index (χ3n) is 2.63. The van der Waals surface area contributed by atoms with Gasteiger partial charge in [-0.2, -0.15) is 0 Å². The molecule has 14 heavy (non-hydrogen) atoms. The first-order valence-electron chi connectivity index (χ1n) is 5.07. The number of nitrogens with zero attached hydrogens (tertiary/aromatic N) is 1. The summed E-state index contributed by atoms with van der Waals surface area (Å²) in [5.74, 6) is 0.833. The van der Waals surface area contributed by atoms with Crippen LogP contribution >= 0.6 is 0 Å². The van der Waals surface area contributed by atoms with Gasteiger partial charge in [0.05, 0.1) is 5.60 Å². The zero-order valence-electron chi connectivity index (χ0n) is 8.76. The molecule has 1 aromatic rings. The van der Waals surface area contributed by atoms with E-state index in [2.05, 4.69) is 22.2 Å². The van der Waals surface area contributed by atoms with Gasteiger partial charge in [-0.25, -0.2) is 4.98 Å². The van der Waals surface area contributed by atoms with Crippen LogP contribution in [0.4, 0.5) is 5.95 Å². The highest BCUT2D eigenvalue weighted by atomic mass is 16.5. The van der Waals surface area contributed by atoms with Crippen LogP contribution in [-0.4, -0.2) is 28.7 Å². The van der Waals surface area contributed by atoms with E-state index in [1.165, 1.54) is 0 Å². The van der Waals surface area contributed by atoms with Crippen molar-refractivity contribution < 1.29 is 4.74 Å². The van der Waals surface area contributed by atoms with Crippen LogP contribution in [0.25, 0.3) is 0 Å². The fourth-order valence-electron chi connectivity index (χ4n) is 1.75. The number of hydrogen-bond donors (Lipinski definition) is 2. The molecule has 0 amide bonds. The highest BCUT2D eigenvalue weighted by molar-refractivity contribution is 5.26. The topological polar surface area (TPSA) is 49.9 Å². The van der Waals surface area contributed by atoms with Crippen molar-refractivity contribution in [1.82, 2.24) is 9.97 Å². The second-order valence-electron chi connectivity index (χ2n) is 4.17. The van der Waals surface area contributed by atoms with Crippen molar-refractivity contribution in [2.24, 2.45) is 0 Å². The third-order valence-corrected chi connectivity index (χ3v) is 2.63. The number of aromatic amines is 1. The summed E-state index contributed by atoms with van der Waals surface area (Å²) in [5.41, 5.74) is 1.06. The maximum absolute atomic E-state index is 5.66. The molecule has 0 spiro atoms. The summed E-state index contributed by atoms with van der Waals surface area (Å²) in [6.45, 7) is 5.84. The van der Waals surface area contributed by atoms with Gasteiger partial charge in [-0.15, -0.1) is 0 Å². The van der Waals surface area contributed by atoms with Crippen LogP contribution in [0.2, 0.25) is 0 Å². The molecule has 1 aliphatic heterocycles. The Hall–Kier alpha value is -1.03. The van der Waals surface area contributed by atoms with E-state index in [9.17, 15) is 0 Å². The van der Waals surface area contributed by atoms with E-state index in [0.29, 0.717) is 0 Å². The van der Waals surface area contributed by atoms with E-state index in [-0.39, 0.29) is 5.60 Å². The Morgan fingerprint density at radius 1 is 1.71 bits per heavy atom. The van der Waals surface area contributed by atoms with Crippen molar-refractivity contribution in [1.29, 1.82) is 0 Å². The number of H-pyrrole nitrogens is 1. The minimum Gasteiger partial charge on any atom is -0.373 e. The minimum absolute atomic E-state index is 0.0132. The summed E-state index contributed by atoms with van der Waals surface area (Å²) in [6.07, 6.45) is 4.11. The Labute approximate surface area is 84.1 Å². The second-order valence-corrected chi connectivity index (χ2v) is 4.17. The summed E-state index contributed by atoms with van der Waals surface area (Å²) >= 11 is 0. The lowest BCUT2D eigenvalue weighted by Crippen LogP contribution is -2.32. The molecule has 2 N–H and O–H groups in total. The van der Waals surface area contributed by atoms with Gasteiger partial charge in [0.25, 0.3) is 0 Å². The molecule has 0 radical (unpaired) electrons. The number of imidazole rings is 1. The van der Waals surface area contributed by atoms with Gasteiger partial charge >= 0.3 is 0 Å². The fourth-order valence-corrected chi connectivity index (χ4v) is 1.75. The predicted octanol–water partition coefficient (Wildman–Crippen LogP) is 1.70. The summed E-state index contributed by atoms with van der Waals surface area (Å²) in [6, 6.07) is 0. The average molecular weight is 195 g/mol. The molecule has 78 valence electrons. The number of hydrogen-bond acceptors (Lipinski definition) is 3. The second kappa shape index (κ2) is 3.61. The molecule has 2 rings (SSSR count). The van der Waals surface area contributed by atoms with Crippen LogP contribution < -0.4 is 5.32 Å². The van der Waals surface area contributed by atoms with Crippen LogP contribution in [0.1, 0.15) is 25.5 Å².